The molecule has 0 radical (unpaired) electrons. The molecule has 3 N–H and O–H groups in total. The van der Waals surface area contributed by atoms with Crippen molar-refractivity contribution in [2.75, 3.05) is 6.61 Å². The van der Waals surface area contributed by atoms with E-state index in [9.17, 15) is 35.9 Å². The number of hydrogen-bond donors (Lipinski definition) is 3. The Morgan fingerprint density at radius 3 is 1.67 bits per heavy atom. The van der Waals surface area contributed by atoms with Gasteiger partial charge in [0, 0.05) is 0 Å². The third kappa shape index (κ3) is 4.39. The highest BCUT2D eigenvalue weighted by atomic mass is 19.4. The molecule has 0 aromatic carbocycles. The molecular weight excluding hydrogens is 276 g/mol. The molecule has 0 rings (SSSR count). The third-order valence-electron chi connectivity index (χ3n) is 1.71. The van der Waals surface area contributed by atoms with Crippen LogP contribution in [0.1, 0.15) is 0 Å². The fourth-order valence-corrected chi connectivity index (χ4v) is 0.923. The summed E-state index contributed by atoms with van der Waals surface area (Å²) in [6.07, 6.45) is -11.8. The van der Waals surface area contributed by atoms with E-state index in [0.717, 1.165) is 5.32 Å². The van der Waals surface area contributed by atoms with E-state index in [1.165, 1.54) is 0 Å². The van der Waals surface area contributed by atoms with Crippen molar-refractivity contribution in [3.63, 3.8) is 0 Å². The van der Waals surface area contributed by atoms with Gasteiger partial charge in [0.05, 0.1) is 6.61 Å². The van der Waals surface area contributed by atoms with Crippen molar-refractivity contribution in [1.82, 2.24) is 5.32 Å². The number of hydrogen-bond acceptors (Lipinski definition) is 3. The van der Waals surface area contributed by atoms with Gasteiger partial charge in [-0.1, -0.05) is 0 Å². The minimum absolute atomic E-state index is 0.951. The zero-order chi connectivity index (χ0) is 14.7. The Kier molecular flexibility index (Phi) is 4.96. The van der Waals surface area contributed by atoms with Crippen molar-refractivity contribution in [1.29, 1.82) is 0 Å². The van der Waals surface area contributed by atoms with E-state index in [2.05, 4.69) is 0 Å². The number of carboxylic acids is 1. The van der Waals surface area contributed by atoms with Gasteiger partial charge in [0.1, 0.15) is 6.04 Å². The molecule has 0 saturated heterocycles. The van der Waals surface area contributed by atoms with Crippen LogP contribution >= 0.6 is 0 Å². The summed E-state index contributed by atoms with van der Waals surface area (Å²) in [5, 5.41) is 17.6. The lowest BCUT2D eigenvalue weighted by molar-refractivity contribution is -0.274. The lowest BCUT2D eigenvalue weighted by atomic mass is 10.1. The summed E-state index contributed by atoms with van der Waals surface area (Å²) in [6, 6.07) is -2.25. The Labute approximate surface area is 95.4 Å². The molecule has 11 heteroatoms. The number of aliphatic hydroxyl groups is 1. The monoisotopic (exact) mass is 283 g/mol. The number of carbonyl (C=O) groups is 2. The molecule has 0 bridgehead atoms. The van der Waals surface area contributed by atoms with Gasteiger partial charge in [-0.2, -0.15) is 26.3 Å². The van der Waals surface area contributed by atoms with E-state index < -0.39 is 42.8 Å². The Balaban J connectivity index is 5.07. The molecule has 5 nitrogen and oxygen atoms in total. The maximum Gasteiger partial charge on any atom is 0.409 e. The summed E-state index contributed by atoms with van der Waals surface area (Å²) in [7, 11) is 0. The Bertz CT molecular complexity index is 311. The van der Waals surface area contributed by atoms with Gasteiger partial charge < -0.3 is 15.5 Å². The van der Waals surface area contributed by atoms with Crippen molar-refractivity contribution in [2.24, 2.45) is 5.92 Å². The molecule has 0 unspecified atom stereocenters. The molecule has 106 valence electrons. The quantitative estimate of drug-likeness (QED) is 0.647. The van der Waals surface area contributed by atoms with Gasteiger partial charge in [-0.05, 0) is 0 Å². The Morgan fingerprint density at radius 2 is 1.44 bits per heavy atom. The summed E-state index contributed by atoms with van der Waals surface area (Å²) >= 11 is 0. The van der Waals surface area contributed by atoms with Crippen LogP contribution in [0.4, 0.5) is 26.3 Å². The van der Waals surface area contributed by atoms with Crippen LogP contribution in [0.5, 0.6) is 0 Å². The van der Waals surface area contributed by atoms with Crippen LogP contribution in [0.2, 0.25) is 0 Å². The molecular formula is C7H7F6NO4. The van der Waals surface area contributed by atoms with Crippen LogP contribution in [-0.2, 0) is 9.59 Å². The topological polar surface area (TPSA) is 86.6 Å². The van der Waals surface area contributed by atoms with E-state index in [0.29, 0.717) is 0 Å². The van der Waals surface area contributed by atoms with Gasteiger partial charge in [-0.25, -0.2) is 4.79 Å². The maximum absolute atomic E-state index is 12.0. The van der Waals surface area contributed by atoms with E-state index in [-0.39, 0.29) is 0 Å². The molecule has 0 heterocycles. The number of aliphatic carboxylic acids is 1. The van der Waals surface area contributed by atoms with Gasteiger partial charge in [0.15, 0.2) is 0 Å². The molecule has 0 saturated carbocycles. The predicted molar refractivity (Wildman–Crippen MR) is 42.3 cm³/mol. The molecule has 0 aliphatic rings. The molecule has 0 aromatic heterocycles. The molecule has 18 heavy (non-hydrogen) atoms. The van der Waals surface area contributed by atoms with Crippen LogP contribution in [-0.4, -0.2) is 47.1 Å². The van der Waals surface area contributed by atoms with Gasteiger partial charge >= 0.3 is 18.3 Å². The summed E-state index contributed by atoms with van der Waals surface area (Å²) in [5.41, 5.74) is 0. The summed E-state index contributed by atoms with van der Waals surface area (Å²) < 4.78 is 72.2. The van der Waals surface area contributed by atoms with E-state index in [1.807, 2.05) is 0 Å². The van der Waals surface area contributed by atoms with Crippen LogP contribution in [0, 0.1) is 5.92 Å². The molecule has 0 aliphatic carbocycles. The minimum Gasteiger partial charge on any atom is -0.480 e. The van der Waals surface area contributed by atoms with Crippen LogP contribution in [0.3, 0.4) is 0 Å². The van der Waals surface area contributed by atoms with Crippen molar-refractivity contribution < 1.29 is 46.1 Å². The number of alkyl halides is 6. The summed E-state index contributed by atoms with van der Waals surface area (Å²) in [6.45, 7) is -1.34. The maximum atomic E-state index is 12.0. The highest BCUT2D eigenvalue weighted by Gasteiger charge is 2.61. The molecule has 0 aromatic rings. The van der Waals surface area contributed by atoms with Crippen LogP contribution in [0.15, 0.2) is 0 Å². The Morgan fingerprint density at radius 1 is 1.06 bits per heavy atom. The molecule has 1 atom stereocenters. The largest absolute Gasteiger partial charge is 0.480 e. The van der Waals surface area contributed by atoms with Crippen LogP contribution in [0.25, 0.3) is 0 Å². The number of nitrogens with one attached hydrogen (secondary N) is 1. The van der Waals surface area contributed by atoms with E-state index >= 15 is 0 Å². The van der Waals surface area contributed by atoms with Gasteiger partial charge in [-0.15, -0.1) is 0 Å². The van der Waals surface area contributed by atoms with Crippen molar-refractivity contribution >= 4 is 11.9 Å². The minimum atomic E-state index is -5.92. The molecule has 0 spiro atoms. The normalized spacial score (nSPS) is 14.4. The van der Waals surface area contributed by atoms with Crippen molar-refractivity contribution in [3.05, 3.63) is 0 Å². The summed E-state index contributed by atoms with van der Waals surface area (Å²) in [5.74, 6) is -8.90. The lowest BCUT2D eigenvalue weighted by Crippen LogP contribution is -2.53. The molecule has 0 fully saturated rings. The fraction of sp³-hybridized carbons (Fsp3) is 0.714. The first-order chi connectivity index (χ1) is 7.91. The first-order valence-corrected chi connectivity index (χ1v) is 4.18. The van der Waals surface area contributed by atoms with Crippen molar-refractivity contribution in [3.8, 4) is 0 Å². The van der Waals surface area contributed by atoms with Crippen molar-refractivity contribution in [2.45, 2.75) is 18.4 Å². The standard InChI is InChI=1S/C7H7F6NO4/c8-6(9,10)3(7(11,12)13)4(16)14-2(1-15)5(17)18/h2-3,15H,1H2,(H,14,16)(H,17,18)/t2-/m1/s1. The smallest absolute Gasteiger partial charge is 0.409 e. The number of halogens is 6. The second kappa shape index (κ2) is 5.42. The first-order valence-electron chi connectivity index (χ1n) is 4.18. The average Bonchev–Trinajstić information content (AvgIpc) is 2.08. The predicted octanol–water partition coefficient (Wildman–Crippen LogP) is 0.289. The number of amides is 1. The molecule has 1 amide bonds. The fourth-order valence-electron chi connectivity index (χ4n) is 0.923. The van der Waals surface area contributed by atoms with E-state index in [1.54, 1.807) is 0 Å². The van der Waals surface area contributed by atoms with Crippen LogP contribution < -0.4 is 5.32 Å². The van der Waals surface area contributed by atoms with Gasteiger partial charge in [-0.3, -0.25) is 4.79 Å². The van der Waals surface area contributed by atoms with Gasteiger partial charge in [0.2, 0.25) is 11.8 Å². The molecule has 0 aliphatic heterocycles. The number of aliphatic hydroxyl groups excluding tert-OH is 1. The zero-order valence-corrected chi connectivity index (χ0v) is 8.34. The van der Waals surface area contributed by atoms with E-state index in [4.69, 9.17) is 10.2 Å². The second-order valence-electron chi connectivity index (χ2n) is 3.10. The third-order valence-corrected chi connectivity index (χ3v) is 1.71. The Hall–Kier alpha value is -1.52. The highest BCUT2D eigenvalue weighted by Crippen LogP contribution is 2.39. The highest BCUT2D eigenvalue weighted by molar-refractivity contribution is 5.86. The number of carbonyl (C=O) groups excluding carboxylic acids is 1. The summed E-state index contributed by atoms with van der Waals surface area (Å²) in [4.78, 5) is 21.0. The average molecular weight is 283 g/mol. The number of rotatable bonds is 4. The number of carboxylic acid groups (broad SMARTS) is 1. The van der Waals surface area contributed by atoms with Gasteiger partial charge in [0.25, 0.3) is 0 Å². The zero-order valence-electron chi connectivity index (χ0n) is 8.34. The first kappa shape index (κ1) is 16.5. The lowest BCUT2D eigenvalue weighted by Gasteiger charge is -2.23. The second-order valence-corrected chi connectivity index (χ2v) is 3.10. The SMILES string of the molecule is O=C(N[C@H](CO)C(=O)O)C(C(F)(F)F)C(F)(F)F.